The minimum absolute atomic E-state index is 0.0806. The Hall–Kier alpha value is -3.76. The number of nitrogens with one attached hydrogen (secondary N) is 2. The molecule has 266 valence electrons. The third-order valence-corrected chi connectivity index (χ3v) is 13.2. The zero-order valence-electron chi connectivity index (χ0n) is 30.1. The highest BCUT2D eigenvalue weighted by Gasteiger charge is 2.58. The molecule has 10 heteroatoms. The summed E-state index contributed by atoms with van der Waals surface area (Å²) in [5, 5.41) is 0. The number of likely N-dealkylation sites (N-methyl/N-ethyl adjacent to an activating group) is 2. The van der Waals surface area contributed by atoms with Crippen LogP contribution in [0.4, 0.5) is 0 Å². The highest BCUT2D eigenvalue weighted by Crippen LogP contribution is 2.58. The van der Waals surface area contributed by atoms with Gasteiger partial charge in [0.05, 0.1) is 24.2 Å². The largest absolute Gasteiger partial charge is 0.331 e. The average Bonchev–Trinajstić information content (AvgIpc) is 3.05. The second-order valence-electron chi connectivity index (χ2n) is 16.5. The first-order valence-electron chi connectivity index (χ1n) is 18.8. The van der Waals surface area contributed by atoms with Gasteiger partial charge in [0.2, 0.25) is 22.9 Å². The third-order valence-electron chi connectivity index (χ3n) is 13.2. The lowest BCUT2D eigenvalue weighted by Crippen LogP contribution is -2.63. The summed E-state index contributed by atoms with van der Waals surface area (Å²) in [6.45, 7) is 7.75. The van der Waals surface area contributed by atoms with Crippen molar-refractivity contribution in [3.05, 3.63) is 90.8 Å². The van der Waals surface area contributed by atoms with Gasteiger partial charge in [-0.2, -0.15) is 0 Å². The van der Waals surface area contributed by atoms with E-state index in [1.165, 1.54) is 11.1 Å². The summed E-state index contributed by atoms with van der Waals surface area (Å²) in [5.74, 6) is 1.62. The van der Waals surface area contributed by atoms with Gasteiger partial charge in [-0.25, -0.2) is 0 Å². The van der Waals surface area contributed by atoms with Gasteiger partial charge in [-0.1, -0.05) is 23.3 Å². The van der Waals surface area contributed by atoms with Crippen LogP contribution in [0.15, 0.2) is 57.2 Å². The van der Waals surface area contributed by atoms with Gasteiger partial charge in [0.15, 0.2) is 0 Å². The van der Waals surface area contributed by atoms with E-state index < -0.39 is 11.1 Å². The molecule has 2 aromatic rings. The second-order valence-corrected chi connectivity index (χ2v) is 16.5. The van der Waals surface area contributed by atoms with Gasteiger partial charge in [0, 0.05) is 49.7 Å². The second kappa shape index (κ2) is 12.5. The fourth-order valence-corrected chi connectivity index (χ4v) is 11.5. The number of amides is 2. The molecule has 2 aromatic heterocycles. The first kappa shape index (κ1) is 33.4. The van der Waals surface area contributed by atoms with Crippen molar-refractivity contribution in [1.82, 2.24) is 29.6 Å². The van der Waals surface area contributed by atoms with Crippen LogP contribution in [0.3, 0.4) is 0 Å². The Balaban J connectivity index is 0.949. The standard InChI is InChI=1S/C40H52N6O4/c1-25-17-27-19-33-31(9-11-35(47)41-33)39(21-25)29(27)7-5-13-45(39)37(49)23-43(3)15-16-44(4)24-38(50)46-14-6-8-30-28-18-26(2)22-40(30,46)32-10-12-36(48)42-34(32)20-28/h9-12,17-18,27-30H,5-8,13-16,19-24H2,1-4H3,(H,41,47)(H,42,48)/t27-,28-,29+,30+,39-,40-/m0/s1. The number of hydrogen-bond acceptors (Lipinski definition) is 6. The first-order valence-corrected chi connectivity index (χ1v) is 18.8. The number of carbonyl (C=O) groups excluding carboxylic acids is 2. The minimum atomic E-state index is -0.414. The van der Waals surface area contributed by atoms with Crippen LogP contribution < -0.4 is 11.1 Å². The number of rotatable bonds is 7. The molecule has 0 spiro atoms. The van der Waals surface area contributed by atoms with E-state index in [-0.39, 0.29) is 22.9 Å². The quantitative estimate of drug-likeness (QED) is 0.433. The zero-order chi connectivity index (χ0) is 34.9. The zero-order valence-corrected chi connectivity index (χ0v) is 30.1. The maximum atomic E-state index is 14.2. The van der Waals surface area contributed by atoms with Gasteiger partial charge in [-0.15, -0.1) is 0 Å². The number of aromatic amines is 2. The van der Waals surface area contributed by atoms with Crippen molar-refractivity contribution in [3.63, 3.8) is 0 Å². The minimum Gasteiger partial charge on any atom is -0.331 e. The molecule has 10 nitrogen and oxygen atoms in total. The third kappa shape index (κ3) is 5.27. The monoisotopic (exact) mass is 680 g/mol. The van der Waals surface area contributed by atoms with Crippen molar-refractivity contribution in [2.45, 2.75) is 76.3 Å². The molecule has 50 heavy (non-hydrogen) atoms. The molecular weight excluding hydrogens is 628 g/mol. The maximum Gasteiger partial charge on any atom is 0.248 e. The number of allylic oxidation sites excluding steroid dienone is 2. The Bertz CT molecular complexity index is 1760. The Labute approximate surface area is 294 Å². The molecule has 0 unspecified atom stereocenters. The van der Waals surface area contributed by atoms with E-state index in [9.17, 15) is 19.2 Å². The average molecular weight is 681 g/mol. The molecule has 2 aliphatic heterocycles. The van der Waals surface area contributed by atoms with Crippen molar-refractivity contribution in [2.75, 3.05) is 53.4 Å². The van der Waals surface area contributed by atoms with Gasteiger partial charge in [0.25, 0.3) is 0 Å². The topological polar surface area (TPSA) is 113 Å². The number of carbonyl (C=O) groups is 2. The molecule has 2 amide bonds. The Morgan fingerprint density at radius 3 is 1.56 bits per heavy atom. The maximum absolute atomic E-state index is 14.2. The summed E-state index contributed by atoms with van der Waals surface area (Å²) in [4.78, 5) is 67.8. The number of hydrogen-bond donors (Lipinski definition) is 2. The van der Waals surface area contributed by atoms with Crippen LogP contribution in [-0.2, 0) is 33.5 Å². The number of H-pyrrole nitrogens is 2. The first-order chi connectivity index (χ1) is 24.0. The summed E-state index contributed by atoms with van der Waals surface area (Å²) >= 11 is 0. The van der Waals surface area contributed by atoms with Crippen molar-refractivity contribution in [3.8, 4) is 0 Å². The summed E-state index contributed by atoms with van der Waals surface area (Å²) in [6.07, 6.45) is 12.2. The summed E-state index contributed by atoms with van der Waals surface area (Å²) in [5.41, 5.74) is 5.88. The van der Waals surface area contributed by atoms with E-state index in [4.69, 9.17) is 0 Å². The van der Waals surface area contributed by atoms with Gasteiger partial charge in [-0.3, -0.25) is 29.0 Å². The van der Waals surface area contributed by atoms with Gasteiger partial charge in [0.1, 0.15) is 0 Å². The molecule has 8 rings (SSSR count). The van der Waals surface area contributed by atoms with Crippen LogP contribution in [0.1, 0.15) is 74.9 Å². The normalized spacial score (nSPS) is 30.9. The molecule has 6 aliphatic rings. The van der Waals surface area contributed by atoms with Crippen LogP contribution in [0.2, 0.25) is 0 Å². The van der Waals surface area contributed by atoms with Crippen molar-refractivity contribution >= 4 is 11.8 Å². The van der Waals surface area contributed by atoms with E-state index >= 15 is 0 Å². The smallest absolute Gasteiger partial charge is 0.248 e. The molecular formula is C40H52N6O4. The summed E-state index contributed by atoms with van der Waals surface area (Å²) in [7, 11) is 4.00. The lowest BCUT2D eigenvalue weighted by Gasteiger charge is -2.59. The molecule has 4 aliphatic carbocycles. The molecule has 0 saturated carbocycles. The Kier molecular flexibility index (Phi) is 8.33. The Morgan fingerprint density at radius 2 is 1.14 bits per heavy atom. The fraction of sp³-hybridized carbons (Fsp3) is 0.600. The summed E-state index contributed by atoms with van der Waals surface area (Å²) in [6, 6.07) is 7.22. The summed E-state index contributed by atoms with van der Waals surface area (Å²) < 4.78 is 0. The highest BCUT2D eigenvalue weighted by atomic mass is 16.2. The number of aromatic nitrogens is 2. The van der Waals surface area contributed by atoms with E-state index in [0.717, 1.165) is 87.0 Å². The van der Waals surface area contributed by atoms with Crippen LogP contribution >= 0.6 is 0 Å². The highest BCUT2D eigenvalue weighted by molar-refractivity contribution is 5.81. The van der Waals surface area contributed by atoms with Crippen molar-refractivity contribution in [1.29, 1.82) is 0 Å². The molecule has 4 bridgehead atoms. The Morgan fingerprint density at radius 1 is 0.720 bits per heavy atom. The lowest BCUT2D eigenvalue weighted by atomic mass is 9.56. The van der Waals surface area contributed by atoms with Gasteiger partial charge >= 0.3 is 0 Å². The van der Waals surface area contributed by atoms with Crippen molar-refractivity contribution in [2.24, 2.45) is 23.7 Å². The molecule has 2 fully saturated rings. The molecule has 6 atom stereocenters. The fourth-order valence-electron chi connectivity index (χ4n) is 11.5. The van der Waals surface area contributed by atoms with Crippen LogP contribution in [-0.4, -0.2) is 94.7 Å². The predicted octanol–water partition coefficient (Wildman–Crippen LogP) is 3.54. The number of pyridine rings is 2. The van der Waals surface area contributed by atoms with Crippen LogP contribution in [0.25, 0.3) is 0 Å². The van der Waals surface area contributed by atoms with Crippen LogP contribution in [0, 0.1) is 23.7 Å². The molecule has 0 aromatic carbocycles. The molecule has 2 saturated heterocycles. The molecule has 4 heterocycles. The van der Waals surface area contributed by atoms with Gasteiger partial charge in [-0.05, 0) is 126 Å². The van der Waals surface area contributed by atoms with E-state index in [2.05, 4.69) is 55.6 Å². The molecule has 0 radical (unpaired) electrons. The molecule has 2 N–H and O–H groups in total. The van der Waals surface area contributed by atoms with Gasteiger partial charge < -0.3 is 19.8 Å². The predicted molar refractivity (Wildman–Crippen MR) is 192 cm³/mol. The van der Waals surface area contributed by atoms with E-state index in [1.54, 1.807) is 12.1 Å². The number of likely N-dealkylation sites (tertiary alicyclic amines) is 2. The van der Waals surface area contributed by atoms with Crippen molar-refractivity contribution < 1.29 is 9.59 Å². The number of piperidine rings is 2. The van der Waals surface area contributed by atoms with Crippen LogP contribution in [0.5, 0.6) is 0 Å². The van der Waals surface area contributed by atoms with E-state index in [0.29, 0.717) is 49.9 Å². The number of fused-ring (bicyclic) bond motifs is 2. The SMILES string of the molecule is CC1=C[C@H]2Cc3[nH]c(=O)ccc3[C@]3(C1)[C@@H]2CCCN3C(=O)CN(C)CCN(C)CC(=O)N1CCC[C@@H]2[C@H]3C=C(C)C[C@@]21c1ccc(=O)[nH]c1C3. The number of nitrogens with zero attached hydrogens (tertiary/aromatic N) is 4. The van der Waals surface area contributed by atoms with E-state index in [1.807, 2.05) is 26.2 Å². The lowest BCUT2D eigenvalue weighted by molar-refractivity contribution is -0.150.